The van der Waals surface area contributed by atoms with Gasteiger partial charge in [0.2, 0.25) is 0 Å². The first kappa shape index (κ1) is 17.6. The van der Waals surface area contributed by atoms with Crippen LogP contribution >= 0.6 is 27.7 Å². The van der Waals surface area contributed by atoms with Gasteiger partial charge in [-0.15, -0.1) is 0 Å². The van der Waals surface area contributed by atoms with E-state index in [1.807, 2.05) is 31.2 Å². The summed E-state index contributed by atoms with van der Waals surface area (Å²) in [5.74, 6) is 0.542. The zero-order valence-corrected chi connectivity index (χ0v) is 15.9. The predicted octanol–water partition coefficient (Wildman–Crippen LogP) is 3.54. The SMILES string of the molecule is CCn1ncnc1CNC(=O)c1cccnc1Sc1ccc(Br)cc1. The Kier molecular flexibility index (Phi) is 5.83. The maximum absolute atomic E-state index is 12.6. The zero-order chi connectivity index (χ0) is 17.6. The molecular formula is C17H16BrN5OS. The number of pyridine rings is 1. The molecule has 0 spiro atoms. The molecule has 2 heterocycles. The van der Waals surface area contributed by atoms with Gasteiger partial charge in [0.25, 0.3) is 5.91 Å². The molecule has 3 rings (SSSR count). The largest absolute Gasteiger partial charge is 0.345 e. The molecule has 0 unspecified atom stereocenters. The lowest BCUT2D eigenvalue weighted by atomic mass is 10.2. The van der Waals surface area contributed by atoms with E-state index in [4.69, 9.17) is 0 Å². The van der Waals surface area contributed by atoms with Crippen LogP contribution in [0.4, 0.5) is 0 Å². The lowest BCUT2D eigenvalue weighted by molar-refractivity contribution is 0.0945. The van der Waals surface area contributed by atoms with Gasteiger partial charge in [0.05, 0.1) is 12.1 Å². The summed E-state index contributed by atoms with van der Waals surface area (Å²) in [7, 11) is 0. The van der Waals surface area contributed by atoms with Crippen LogP contribution in [0.3, 0.4) is 0 Å². The van der Waals surface area contributed by atoms with Gasteiger partial charge in [0.1, 0.15) is 17.2 Å². The van der Waals surface area contributed by atoms with Crippen molar-refractivity contribution in [3.05, 3.63) is 64.8 Å². The van der Waals surface area contributed by atoms with Crippen molar-refractivity contribution in [2.45, 2.75) is 29.9 Å². The van der Waals surface area contributed by atoms with Gasteiger partial charge >= 0.3 is 0 Å². The minimum atomic E-state index is -0.182. The molecular weight excluding hydrogens is 402 g/mol. The van der Waals surface area contributed by atoms with Crippen LogP contribution in [0.1, 0.15) is 23.1 Å². The number of nitrogens with zero attached hydrogens (tertiary/aromatic N) is 4. The fourth-order valence-electron chi connectivity index (χ4n) is 2.20. The molecule has 0 aliphatic rings. The van der Waals surface area contributed by atoms with Crippen molar-refractivity contribution in [1.82, 2.24) is 25.1 Å². The average Bonchev–Trinajstić information content (AvgIpc) is 3.09. The lowest BCUT2D eigenvalue weighted by Crippen LogP contribution is -2.25. The number of hydrogen-bond acceptors (Lipinski definition) is 5. The Balaban J connectivity index is 1.73. The molecule has 1 N–H and O–H groups in total. The van der Waals surface area contributed by atoms with Crippen molar-refractivity contribution in [1.29, 1.82) is 0 Å². The molecule has 0 aliphatic heterocycles. The molecule has 1 amide bonds. The summed E-state index contributed by atoms with van der Waals surface area (Å²) in [6.07, 6.45) is 3.18. The summed E-state index contributed by atoms with van der Waals surface area (Å²) >= 11 is 4.87. The Bertz CT molecular complexity index is 865. The Labute approximate surface area is 158 Å². The summed E-state index contributed by atoms with van der Waals surface area (Å²) in [4.78, 5) is 22.1. The molecule has 3 aromatic rings. The standard InChI is InChI=1S/C17H16BrN5OS/c1-2-23-15(21-11-22-23)10-20-16(24)14-4-3-9-19-17(14)25-13-7-5-12(18)6-8-13/h3-9,11H,2,10H2,1H3,(H,20,24). The fourth-order valence-corrected chi connectivity index (χ4v) is 3.35. The van der Waals surface area contributed by atoms with Gasteiger partial charge in [-0.2, -0.15) is 5.10 Å². The van der Waals surface area contributed by atoms with Gasteiger partial charge in [0, 0.05) is 22.1 Å². The summed E-state index contributed by atoms with van der Waals surface area (Å²) in [5.41, 5.74) is 0.540. The van der Waals surface area contributed by atoms with E-state index in [1.165, 1.54) is 18.1 Å². The van der Waals surface area contributed by atoms with Crippen LogP contribution in [0.5, 0.6) is 0 Å². The molecule has 0 radical (unpaired) electrons. The van der Waals surface area contributed by atoms with E-state index in [0.717, 1.165) is 15.2 Å². The molecule has 2 aromatic heterocycles. The van der Waals surface area contributed by atoms with Crippen molar-refractivity contribution in [2.24, 2.45) is 0 Å². The van der Waals surface area contributed by atoms with Crippen molar-refractivity contribution in [3.63, 3.8) is 0 Å². The van der Waals surface area contributed by atoms with Crippen LogP contribution in [-0.4, -0.2) is 25.7 Å². The highest BCUT2D eigenvalue weighted by Crippen LogP contribution is 2.29. The number of hydrogen-bond donors (Lipinski definition) is 1. The number of aromatic nitrogens is 4. The first-order valence-electron chi connectivity index (χ1n) is 7.70. The number of amides is 1. The van der Waals surface area contributed by atoms with Gasteiger partial charge in [-0.1, -0.05) is 27.7 Å². The molecule has 0 saturated heterocycles. The zero-order valence-electron chi connectivity index (χ0n) is 13.5. The van der Waals surface area contributed by atoms with Crippen LogP contribution in [-0.2, 0) is 13.1 Å². The number of halogens is 1. The molecule has 0 atom stereocenters. The van der Waals surface area contributed by atoms with Gasteiger partial charge in [-0.05, 0) is 43.3 Å². The Morgan fingerprint density at radius 1 is 1.24 bits per heavy atom. The number of rotatable bonds is 6. The first-order chi connectivity index (χ1) is 12.2. The normalized spacial score (nSPS) is 10.6. The quantitative estimate of drug-likeness (QED) is 0.663. The highest BCUT2D eigenvalue weighted by Gasteiger charge is 2.14. The molecule has 25 heavy (non-hydrogen) atoms. The maximum Gasteiger partial charge on any atom is 0.254 e. The second kappa shape index (κ2) is 8.26. The molecule has 1 aromatic carbocycles. The monoisotopic (exact) mass is 417 g/mol. The number of carbonyl (C=O) groups excluding carboxylic acids is 1. The van der Waals surface area contributed by atoms with Crippen LogP contribution < -0.4 is 5.32 Å². The molecule has 0 fully saturated rings. The highest BCUT2D eigenvalue weighted by atomic mass is 79.9. The van der Waals surface area contributed by atoms with E-state index >= 15 is 0 Å². The van der Waals surface area contributed by atoms with Gasteiger partial charge in [-0.25, -0.2) is 14.6 Å². The third-order valence-electron chi connectivity index (χ3n) is 3.45. The van der Waals surface area contributed by atoms with E-state index in [0.29, 0.717) is 23.7 Å². The average molecular weight is 418 g/mol. The van der Waals surface area contributed by atoms with Crippen molar-refractivity contribution >= 4 is 33.6 Å². The Morgan fingerprint density at radius 3 is 2.80 bits per heavy atom. The van der Waals surface area contributed by atoms with Crippen LogP contribution in [0.2, 0.25) is 0 Å². The molecule has 0 aliphatic carbocycles. The smallest absolute Gasteiger partial charge is 0.254 e. The summed E-state index contributed by atoms with van der Waals surface area (Å²) in [6, 6.07) is 11.4. The third kappa shape index (κ3) is 4.46. The Hall–Kier alpha value is -2.19. The van der Waals surface area contributed by atoms with E-state index in [-0.39, 0.29) is 5.91 Å². The van der Waals surface area contributed by atoms with E-state index in [9.17, 15) is 4.79 Å². The van der Waals surface area contributed by atoms with Crippen molar-refractivity contribution < 1.29 is 4.79 Å². The molecule has 0 bridgehead atoms. The Morgan fingerprint density at radius 2 is 2.04 bits per heavy atom. The minimum absolute atomic E-state index is 0.182. The molecule has 8 heteroatoms. The van der Waals surface area contributed by atoms with E-state index in [2.05, 4.69) is 36.3 Å². The molecule has 0 saturated carbocycles. The summed E-state index contributed by atoms with van der Waals surface area (Å²) in [5, 5.41) is 7.65. The second-order valence-electron chi connectivity index (χ2n) is 5.09. The highest BCUT2D eigenvalue weighted by molar-refractivity contribution is 9.10. The maximum atomic E-state index is 12.6. The van der Waals surface area contributed by atoms with Gasteiger partial charge < -0.3 is 5.32 Å². The summed E-state index contributed by atoms with van der Waals surface area (Å²) in [6.45, 7) is 3.01. The number of benzene rings is 1. The van der Waals surface area contributed by atoms with E-state index in [1.54, 1.807) is 23.0 Å². The van der Waals surface area contributed by atoms with Crippen LogP contribution in [0.25, 0.3) is 0 Å². The second-order valence-corrected chi connectivity index (χ2v) is 7.06. The number of nitrogens with one attached hydrogen (secondary N) is 1. The first-order valence-corrected chi connectivity index (χ1v) is 9.31. The number of carbonyl (C=O) groups is 1. The minimum Gasteiger partial charge on any atom is -0.345 e. The third-order valence-corrected chi connectivity index (χ3v) is 5.00. The van der Waals surface area contributed by atoms with Crippen LogP contribution in [0.15, 0.2) is 63.3 Å². The van der Waals surface area contributed by atoms with Crippen LogP contribution in [0, 0.1) is 0 Å². The fraction of sp³-hybridized carbons (Fsp3) is 0.176. The topological polar surface area (TPSA) is 72.7 Å². The van der Waals surface area contributed by atoms with Gasteiger partial charge in [0.15, 0.2) is 0 Å². The number of aryl methyl sites for hydroxylation is 1. The molecule has 6 nitrogen and oxygen atoms in total. The van der Waals surface area contributed by atoms with E-state index < -0.39 is 0 Å². The molecule has 128 valence electrons. The lowest BCUT2D eigenvalue weighted by Gasteiger charge is -2.09. The van der Waals surface area contributed by atoms with Gasteiger partial charge in [-0.3, -0.25) is 4.79 Å². The van der Waals surface area contributed by atoms with Crippen molar-refractivity contribution in [3.8, 4) is 0 Å². The summed E-state index contributed by atoms with van der Waals surface area (Å²) < 4.78 is 2.76. The predicted molar refractivity (Wildman–Crippen MR) is 99.4 cm³/mol. The van der Waals surface area contributed by atoms with Crippen molar-refractivity contribution in [2.75, 3.05) is 0 Å².